The van der Waals surface area contributed by atoms with Gasteiger partial charge in [0.2, 0.25) is 5.91 Å². The van der Waals surface area contributed by atoms with Crippen LogP contribution in [0.3, 0.4) is 0 Å². The number of amides is 1. The van der Waals surface area contributed by atoms with Crippen LogP contribution >= 0.6 is 0 Å². The molecule has 0 unspecified atom stereocenters. The highest BCUT2D eigenvalue weighted by molar-refractivity contribution is 5.78. The zero-order chi connectivity index (χ0) is 18.4. The summed E-state index contributed by atoms with van der Waals surface area (Å²) in [4.78, 5) is 25.6. The van der Waals surface area contributed by atoms with Gasteiger partial charge in [-0.05, 0) is 12.0 Å². The predicted octanol–water partition coefficient (Wildman–Crippen LogP) is 2.64. The number of carbonyl (C=O) groups excluding carboxylic acids is 1. The van der Waals surface area contributed by atoms with E-state index in [0.717, 1.165) is 30.0 Å². The number of hydrogen-bond donors (Lipinski definition) is 0. The molecule has 138 valence electrons. The van der Waals surface area contributed by atoms with E-state index in [1.54, 1.807) is 13.4 Å². The molecule has 1 aliphatic rings. The van der Waals surface area contributed by atoms with E-state index >= 15 is 0 Å². The summed E-state index contributed by atoms with van der Waals surface area (Å²) in [5, 5.41) is 0. The van der Waals surface area contributed by atoms with Crippen LogP contribution in [-0.4, -0.2) is 47.0 Å². The van der Waals surface area contributed by atoms with Crippen LogP contribution in [0.5, 0.6) is 0 Å². The second-order valence-corrected chi connectivity index (χ2v) is 6.57. The minimum atomic E-state index is 0.158. The second-order valence-electron chi connectivity index (χ2n) is 6.57. The van der Waals surface area contributed by atoms with E-state index < -0.39 is 0 Å². The van der Waals surface area contributed by atoms with Gasteiger partial charge in [-0.25, -0.2) is 9.97 Å². The predicted molar refractivity (Wildman–Crippen MR) is 101 cm³/mol. The van der Waals surface area contributed by atoms with Crippen LogP contribution in [0, 0.1) is 0 Å². The van der Waals surface area contributed by atoms with E-state index in [1.807, 2.05) is 29.2 Å². The number of carbonyl (C=O) groups is 1. The van der Waals surface area contributed by atoms with Crippen molar-refractivity contribution in [2.45, 2.75) is 39.0 Å². The van der Waals surface area contributed by atoms with Gasteiger partial charge in [-0.3, -0.25) is 4.79 Å². The smallest absolute Gasteiger partial charge is 0.224 e. The fourth-order valence-electron chi connectivity index (χ4n) is 3.36. The maximum Gasteiger partial charge on any atom is 0.224 e. The topological polar surface area (TPSA) is 58.6 Å². The molecule has 0 spiro atoms. The van der Waals surface area contributed by atoms with Crippen LogP contribution < -0.4 is 4.90 Å². The maximum absolute atomic E-state index is 12.8. The lowest BCUT2D eigenvalue weighted by Gasteiger charge is -2.31. The highest BCUT2D eigenvalue weighted by Gasteiger charge is 2.29. The Morgan fingerprint density at radius 2 is 2.04 bits per heavy atom. The molecule has 0 bridgehead atoms. The molecule has 2 aromatic rings. The van der Waals surface area contributed by atoms with E-state index in [4.69, 9.17) is 4.74 Å². The molecule has 6 heteroatoms. The molecule has 26 heavy (non-hydrogen) atoms. The van der Waals surface area contributed by atoms with Gasteiger partial charge < -0.3 is 14.5 Å². The van der Waals surface area contributed by atoms with Gasteiger partial charge in [0.05, 0.1) is 12.3 Å². The highest BCUT2D eigenvalue weighted by Crippen LogP contribution is 2.21. The second kappa shape index (κ2) is 8.76. The zero-order valence-corrected chi connectivity index (χ0v) is 15.5. The van der Waals surface area contributed by atoms with Gasteiger partial charge >= 0.3 is 0 Å². The van der Waals surface area contributed by atoms with Gasteiger partial charge in [-0.15, -0.1) is 0 Å². The summed E-state index contributed by atoms with van der Waals surface area (Å²) in [6.45, 7) is 4.70. The molecule has 1 aromatic carbocycles. The van der Waals surface area contributed by atoms with Gasteiger partial charge in [-0.1, -0.05) is 37.3 Å². The van der Waals surface area contributed by atoms with Crippen LogP contribution in [0.15, 0.2) is 42.7 Å². The number of benzene rings is 1. The van der Waals surface area contributed by atoms with E-state index in [9.17, 15) is 4.79 Å². The van der Waals surface area contributed by atoms with Gasteiger partial charge in [0.15, 0.2) is 0 Å². The number of anilines is 1. The summed E-state index contributed by atoms with van der Waals surface area (Å²) in [5.74, 6) is 1.06. The van der Waals surface area contributed by atoms with E-state index in [0.29, 0.717) is 26.1 Å². The summed E-state index contributed by atoms with van der Waals surface area (Å²) in [6, 6.07) is 12.3. The Morgan fingerprint density at radius 1 is 1.23 bits per heavy atom. The monoisotopic (exact) mass is 354 g/mol. The molecule has 0 radical (unpaired) electrons. The molecular weight excluding hydrogens is 328 g/mol. The molecule has 1 atom stereocenters. The zero-order valence-electron chi connectivity index (χ0n) is 15.5. The molecule has 1 fully saturated rings. The third-order valence-electron chi connectivity index (χ3n) is 4.78. The Morgan fingerprint density at radius 3 is 2.77 bits per heavy atom. The van der Waals surface area contributed by atoms with Crippen LogP contribution in [0.4, 0.5) is 5.82 Å². The standard InChI is InChI=1S/C20H26N4O2/c1-3-18-13-23(19-11-17(14-26-2)21-15-22-19)10-9-20(25)24(18)12-16-7-5-4-6-8-16/h4-8,11,15,18H,3,9-10,12-14H2,1-2H3/t18-/m0/s1. The van der Waals surface area contributed by atoms with Crippen molar-refractivity contribution in [2.75, 3.05) is 25.1 Å². The van der Waals surface area contributed by atoms with Crippen molar-refractivity contribution in [3.8, 4) is 0 Å². The molecule has 1 aromatic heterocycles. The van der Waals surface area contributed by atoms with Crippen molar-refractivity contribution < 1.29 is 9.53 Å². The molecule has 6 nitrogen and oxygen atoms in total. The van der Waals surface area contributed by atoms with Crippen molar-refractivity contribution in [2.24, 2.45) is 0 Å². The Hall–Kier alpha value is -2.47. The SMILES string of the molecule is CC[C@H]1CN(c2cc(COC)ncn2)CCC(=O)N1Cc1ccccc1. The number of methoxy groups -OCH3 is 1. The number of nitrogens with zero attached hydrogens (tertiary/aromatic N) is 4. The molecule has 1 aliphatic heterocycles. The lowest BCUT2D eigenvalue weighted by Crippen LogP contribution is -2.42. The Kier molecular flexibility index (Phi) is 6.17. The first-order valence-corrected chi connectivity index (χ1v) is 9.09. The third-order valence-corrected chi connectivity index (χ3v) is 4.78. The molecular formula is C20H26N4O2. The van der Waals surface area contributed by atoms with E-state index in [1.165, 1.54) is 0 Å². The van der Waals surface area contributed by atoms with Crippen LogP contribution in [0.25, 0.3) is 0 Å². The van der Waals surface area contributed by atoms with Crippen molar-refractivity contribution in [3.05, 3.63) is 54.0 Å². The normalized spacial score (nSPS) is 18.1. The molecule has 1 amide bonds. The van der Waals surface area contributed by atoms with E-state index in [2.05, 4.69) is 33.9 Å². The third kappa shape index (κ3) is 4.38. The minimum Gasteiger partial charge on any atom is -0.378 e. The summed E-state index contributed by atoms with van der Waals surface area (Å²) >= 11 is 0. The lowest BCUT2D eigenvalue weighted by atomic mass is 10.1. The van der Waals surface area contributed by atoms with Crippen molar-refractivity contribution in [1.29, 1.82) is 0 Å². The quantitative estimate of drug-likeness (QED) is 0.798. The van der Waals surface area contributed by atoms with Crippen LogP contribution in [0.2, 0.25) is 0 Å². The average Bonchev–Trinajstić information content (AvgIpc) is 2.83. The van der Waals surface area contributed by atoms with Gasteiger partial charge in [0.1, 0.15) is 12.1 Å². The highest BCUT2D eigenvalue weighted by atomic mass is 16.5. The Bertz CT molecular complexity index is 723. The van der Waals surface area contributed by atoms with Gasteiger partial charge in [0, 0.05) is 45.3 Å². The lowest BCUT2D eigenvalue weighted by molar-refractivity contribution is -0.133. The number of aromatic nitrogens is 2. The number of hydrogen-bond acceptors (Lipinski definition) is 5. The largest absolute Gasteiger partial charge is 0.378 e. The molecule has 1 saturated heterocycles. The molecule has 0 N–H and O–H groups in total. The van der Waals surface area contributed by atoms with Gasteiger partial charge in [0.25, 0.3) is 0 Å². The number of rotatable bonds is 6. The van der Waals surface area contributed by atoms with Crippen molar-refractivity contribution in [3.63, 3.8) is 0 Å². The average molecular weight is 354 g/mol. The summed E-state index contributed by atoms with van der Waals surface area (Å²) in [5.41, 5.74) is 2.01. The Labute approximate surface area is 154 Å². The maximum atomic E-state index is 12.8. The summed E-state index contributed by atoms with van der Waals surface area (Å²) in [7, 11) is 1.65. The molecule has 2 heterocycles. The first kappa shape index (κ1) is 18.3. The van der Waals surface area contributed by atoms with Crippen molar-refractivity contribution >= 4 is 11.7 Å². The van der Waals surface area contributed by atoms with Crippen LogP contribution in [0.1, 0.15) is 31.0 Å². The van der Waals surface area contributed by atoms with Crippen molar-refractivity contribution in [1.82, 2.24) is 14.9 Å². The summed E-state index contributed by atoms with van der Waals surface area (Å²) < 4.78 is 5.17. The Balaban J connectivity index is 1.79. The first-order valence-electron chi connectivity index (χ1n) is 9.09. The van der Waals surface area contributed by atoms with Gasteiger partial charge in [-0.2, -0.15) is 0 Å². The summed E-state index contributed by atoms with van der Waals surface area (Å²) in [6.07, 6.45) is 2.97. The first-order chi connectivity index (χ1) is 12.7. The number of ether oxygens (including phenoxy) is 1. The van der Waals surface area contributed by atoms with E-state index in [-0.39, 0.29) is 11.9 Å². The fraction of sp³-hybridized carbons (Fsp3) is 0.450. The van der Waals surface area contributed by atoms with Crippen LogP contribution in [-0.2, 0) is 22.7 Å². The fourth-order valence-corrected chi connectivity index (χ4v) is 3.36. The molecule has 0 aliphatic carbocycles. The molecule has 0 saturated carbocycles. The molecule has 3 rings (SSSR count). The minimum absolute atomic E-state index is 0.158.